The molecule has 0 heterocycles. The summed E-state index contributed by atoms with van der Waals surface area (Å²) in [6.45, 7) is 0.866. The van der Waals surface area contributed by atoms with Gasteiger partial charge in [0.1, 0.15) is 24.7 Å². The molecule has 246 valence electrons. The van der Waals surface area contributed by atoms with Crippen molar-refractivity contribution in [3.63, 3.8) is 0 Å². The number of hydrogen-bond donors (Lipinski definition) is 7. The van der Waals surface area contributed by atoms with E-state index in [0.717, 1.165) is 0 Å². The molecule has 2 amide bonds. The van der Waals surface area contributed by atoms with E-state index >= 15 is 0 Å². The zero-order chi connectivity index (χ0) is 32.6. The smallest absolute Gasteiger partial charge is 0.320 e. The van der Waals surface area contributed by atoms with Crippen molar-refractivity contribution < 1.29 is 48.9 Å². The molecule has 0 aromatic carbocycles. The monoisotopic (exact) mass is 617 g/mol. The van der Waals surface area contributed by atoms with Crippen molar-refractivity contribution in [3.05, 3.63) is 0 Å². The Labute approximate surface area is 250 Å². The van der Waals surface area contributed by atoms with Gasteiger partial charge in [-0.1, -0.05) is 0 Å². The Bertz CT molecular complexity index is 892. The van der Waals surface area contributed by atoms with E-state index in [0.29, 0.717) is 51.3 Å². The molecule has 0 spiro atoms. The van der Waals surface area contributed by atoms with Crippen molar-refractivity contribution in [1.29, 1.82) is 0 Å². The van der Waals surface area contributed by atoms with Crippen LogP contribution in [0.1, 0.15) is 38.5 Å². The summed E-state index contributed by atoms with van der Waals surface area (Å²) >= 11 is 0. The molecular weight excluding hydrogens is 570 g/mol. The van der Waals surface area contributed by atoms with Crippen LogP contribution in [-0.2, 0) is 33.6 Å². The zero-order valence-corrected chi connectivity index (χ0v) is 24.5. The Morgan fingerprint density at radius 3 is 1.42 bits per heavy atom. The van der Waals surface area contributed by atoms with Gasteiger partial charge in [0.05, 0.1) is 32.7 Å². The number of carbonyl (C=O) groups is 7. The maximum atomic E-state index is 12.3. The summed E-state index contributed by atoms with van der Waals surface area (Å²) in [5.41, 5.74) is 10.9. The molecule has 0 aromatic heterocycles. The average Bonchev–Trinajstić information content (AvgIpc) is 2.93. The number of rotatable bonds is 28. The van der Waals surface area contributed by atoms with Crippen LogP contribution >= 0.6 is 0 Å². The maximum absolute atomic E-state index is 12.3. The molecule has 0 fully saturated rings. The molecule has 0 radical (unpaired) electrons. The Morgan fingerprint density at radius 1 is 0.605 bits per heavy atom. The van der Waals surface area contributed by atoms with Gasteiger partial charge >= 0.3 is 17.9 Å². The lowest BCUT2D eigenvalue weighted by Crippen LogP contribution is -2.46. The minimum absolute atomic E-state index is 0.0190. The molecule has 0 bridgehead atoms. The van der Waals surface area contributed by atoms with Crippen LogP contribution in [0.15, 0.2) is 0 Å². The Hall–Kier alpha value is -3.51. The number of carboxylic acid groups (broad SMARTS) is 3. The molecule has 0 saturated heterocycles. The van der Waals surface area contributed by atoms with Crippen LogP contribution < -0.4 is 22.1 Å². The van der Waals surface area contributed by atoms with E-state index in [4.69, 9.17) is 21.7 Å². The number of nitrogens with zero attached hydrogens (tertiary/aromatic N) is 3. The summed E-state index contributed by atoms with van der Waals surface area (Å²) in [6.07, 6.45) is 3.96. The third kappa shape index (κ3) is 21.8. The summed E-state index contributed by atoms with van der Waals surface area (Å²) in [5, 5.41) is 32.2. The van der Waals surface area contributed by atoms with Gasteiger partial charge in [-0.15, -0.1) is 0 Å². The molecule has 43 heavy (non-hydrogen) atoms. The molecule has 17 nitrogen and oxygen atoms in total. The number of carboxylic acids is 3. The fraction of sp³-hybridized carbons (Fsp3) is 0.731. The van der Waals surface area contributed by atoms with Crippen LogP contribution in [0.4, 0.5) is 0 Å². The minimum Gasteiger partial charge on any atom is -0.480 e. The number of aldehydes is 2. The minimum atomic E-state index is -1.13. The number of unbranched alkanes of at least 4 members (excludes halogenated alkanes) is 2. The highest BCUT2D eigenvalue weighted by molar-refractivity contribution is 5.79. The molecule has 9 N–H and O–H groups in total. The summed E-state index contributed by atoms with van der Waals surface area (Å²) in [4.78, 5) is 84.5. The van der Waals surface area contributed by atoms with E-state index in [1.165, 1.54) is 4.90 Å². The van der Waals surface area contributed by atoms with Crippen LogP contribution in [0.5, 0.6) is 0 Å². The van der Waals surface area contributed by atoms with Gasteiger partial charge in [-0.2, -0.15) is 0 Å². The standard InChI is InChI=1S/C26H47N7O10/c27-20(25(40)41)5-1-3-7-29-22(36)17-32(14-16-35)11-9-31(13-15-34)10-12-33(19-24(38)39)18-23(37)30-8-4-2-6-21(28)26(42)43/h15-16,20-21H,1-14,17-19,27-28H2,(H,29,36)(H,30,37)(H,38,39)(H,40,41)(H,42,43). The average molecular weight is 618 g/mol. The lowest BCUT2D eigenvalue weighted by atomic mass is 10.1. The van der Waals surface area contributed by atoms with Crippen LogP contribution in [0, 0.1) is 0 Å². The Kier molecular flexibility index (Phi) is 22.0. The van der Waals surface area contributed by atoms with Gasteiger partial charge in [0.2, 0.25) is 11.8 Å². The second-order valence-electron chi connectivity index (χ2n) is 10.1. The molecule has 0 rings (SSSR count). The predicted molar refractivity (Wildman–Crippen MR) is 154 cm³/mol. The Balaban J connectivity index is 4.70. The van der Waals surface area contributed by atoms with Gasteiger partial charge < -0.3 is 47.0 Å². The van der Waals surface area contributed by atoms with E-state index in [2.05, 4.69) is 10.6 Å². The molecule has 0 aliphatic heterocycles. The van der Waals surface area contributed by atoms with Crippen molar-refractivity contribution in [3.8, 4) is 0 Å². The second kappa shape index (κ2) is 24.0. The lowest BCUT2D eigenvalue weighted by molar-refractivity contribution is -0.140. The molecule has 2 unspecified atom stereocenters. The van der Waals surface area contributed by atoms with Gasteiger partial charge in [0, 0.05) is 39.3 Å². The number of amides is 2. The zero-order valence-electron chi connectivity index (χ0n) is 24.5. The summed E-state index contributed by atoms with van der Waals surface area (Å²) in [6, 6.07) is -1.91. The molecule has 0 aliphatic rings. The first-order valence-corrected chi connectivity index (χ1v) is 14.2. The summed E-state index contributed by atoms with van der Waals surface area (Å²) < 4.78 is 0. The number of nitrogens with one attached hydrogen (secondary N) is 2. The van der Waals surface area contributed by atoms with Crippen LogP contribution in [-0.4, -0.2) is 156 Å². The first-order chi connectivity index (χ1) is 20.4. The normalized spacial score (nSPS) is 12.6. The first kappa shape index (κ1) is 39.5. The SMILES string of the molecule is NC(CCCCNC(=O)CN(CC=O)CCN(CC=O)CCN(CC(=O)O)CC(=O)NCCCCC(N)C(=O)O)C(=O)O. The predicted octanol–water partition coefficient (Wildman–Crippen LogP) is -3.23. The second-order valence-corrected chi connectivity index (χ2v) is 10.1. The highest BCUT2D eigenvalue weighted by atomic mass is 16.4. The highest BCUT2D eigenvalue weighted by Gasteiger charge is 2.18. The van der Waals surface area contributed by atoms with Gasteiger partial charge in [0.15, 0.2) is 0 Å². The van der Waals surface area contributed by atoms with Gasteiger partial charge in [-0.3, -0.25) is 38.7 Å². The third-order valence-electron chi connectivity index (χ3n) is 6.39. The number of nitrogens with two attached hydrogens (primary N) is 2. The highest BCUT2D eigenvalue weighted by Crippen LogP contribution is 2.00. The van der Waals surface area contributed by atoms with Gasteiger partial charge in [-0.05, 0) is 38.5 Å². The van der Waals surface area contributed by atoms with E-state index in [1.54, 1.807) is 9.80 Å². The van der Waals surface area contributed by atoms with E-state index in [-0.39, 0.29) is 71.1 Å². The topological polar surface area (TPSA) is 266 Å². The first-order valence-electron chi connectivity index (χ1n) is 14.2. The van der Waals surface area contributed by atoms with Gasteiger partial charge in [0.25, 0.3) is 0 Å². The number of hydrogen-bond acceptors (Lipinski definition) is 12. The fourth-order valence-electron chi connectivity index (χ4n) is 3.91. The molecule has 0 saturated carbocycles. The van der Waals surface area contributed by atoms with E-state index < -0.39 is 42.4 Å². The van der Waals surface area contributed by atoms with E-state index in [1.807, 2.05) is 0 Å². The molecule has 17 heteroatoms. The molecule has 0 aliphatic carbocycles. The van der Waals surface area contributed by atoms with Gasteiger partial charge in [-0.25, -0.2) is 0 Å². The quantitative estimate of drug-likeness (QED) is 0.0336. The molecule has 0 aromatic rings. The van der Waals surface area contributed by atoms with Crippen LogP contribution in [0.2, 0.25) is 0 Å². The number of aliphatic carboxylic acids is 3. The van der Waals surface area contributed by atoms with Crippen molar-refractivity contribution in [2.75, 3.05) is 72.0 Å². The molecule has 2 atom stereocenters. The maximum Gasteiger partial charge on any atom is 0.320 e. The lowest BCUT2D eigenvalue weighted by Gasteiger charge is -2.27. The Morgan fingerprint density at radius 2 is 1.00 bits per heavy atom. The van der Waals surface area contributed by atoms with Crippen molar-refractivity contribution in [1.82, 2.24) is 25.3 Å². The third-order valence-corrected chi connectivity index (χ3v) is 6.39. The fourth-order valence-corrected chi connectivity index (χ4v) is 3.91. The van der Waals surface area contributed by atoms with E-state index in [9.17, 15) is 38.7 Å². The van der Waals surface area contributed by atoms with Crippen LogP contribution in [0.25, 0.3) is 0 Å². The van der Waals surface area contributed by atoms with Crippen LogP contribution in [0.3, 0.4) is 0 Å². The van der Waals surface area contributed by atoms with Crippen molar-refractivity contribution >= 4 is 42.3 Å². The molecular formula is C26H47N7O10. The van der Waals surface area contributed by atoms with Crippen molar-refractivity contribution in [2.24, 2.45) is 11.5 Å². The summed E-state index contributed by atoms with van der Waals surface area (Å²) in [7, 11) is 0. The largest absolute Gasteiger partial charge is 0.480 e. The van der Waals surface area contributed by atoms with Crippen molar-refractivity contribution in [2.45, 2.75) is 50.6 Å². The number of carbonyl (C=O) groups excluding carboxylic acids is 4. The summed E-state index contributed by atoms with van der Waals surface area (Å²) in [5.74, 6) is -4.04.